The first-order valence-corrected chi connectivity index (χ1v) is 4.26. The fourth-order valence-corrected chi connectivity index (χ4v) is 0.866. The molecule has 0 saturated heterocycles. The standard InChI is InChI=1S/C9H18N2O/c1-8(6-10)11-7-9(2,3)4-5-12/h8,11-12H,4-5,7H2,1-3H3. The summed E-state index contributed by atoms with van der Waals surface area (Å²) < 4.78 is 0. The van der Waals surface area contributed by atoms with E-state index in [1.807, 2.05) is 6.92 Å². The van der Waals surface area contributed by atoms with Crippen molar-refractivity contribution in [2.75, 3.05) is 13.2 Å². The number of hydrogen-bond acceptors (Lipinski definition) is 3. The number of hydrogen-bond donors (Lipinski definition) is 2. The van der Waals surface area contributed by atoms with Crippen LogP contribution in [-0.2, 0) is 0 Å². The zero-order chi connectivity index (χ0) is 9.61. The summed E-state index contributed by atoms with van der Waals surface area (Å²) in [6.45, 7) is 6.94. The van der Waals surface area contributed by atoms with E-state index in [1.54, 1.807) is 0 Å². The highest BCUT2D eigenvalue weighted by atomic mass is 16.3. The molecule has 0 heterocycles. The third-order valence-electron chi connectivity index (χ3n) is 1.87. The topological polar surface area (TPSA) is 56.0 Å². The average Bonchev–Trinajstić information content (AvgIpc) is 2.00. The SMILES string of the molecule is CC(C#N)NCC(C)(C)CCO. The van der Waals surface area contributed by atoms with Crippen LogP contribution in [0.25, 0.3) is 0 Å². The van der Waals surface area contributed by atoms with Gasteiger partial charge in [0.1, 0.15) is 0 Å². The number of aliphatic hydroxyl groups excluding tert-OH is 1. The molecule has 0 aromatic carbocycles. The molecule has 0 aliphatic carbocycles. The maximum atomic E-state index is 8.73. The first kappa shape index (κ1) is 11.4. The van der Waals surface area contributed by atoms with Gasteiger partial charge in [-0.2, -0.15) is 5.26 Å². The Balaban J connectivity index is 3.68. The van der Waals surface area contributed by atoms with Gasteiger partial charge in [-0.1, -0.05) is 13.8 Å². The number of nitrogens with zero attached hydrogens (tertiary/aromatic N) is 1. The van der Waals surface area contributed by atoms with Gasteiger partial charge in [0, 0.05) is 13.2 Å². The lowest BCUT2D eigenvalue weighted by Gasteiger charge is -2.24. The number of aliphatic hydroxyl groups is 1. The molecule has 0 aliphatic heterocycles. The predicted octanol–water partition coefficient (Wildman–Crippen LogP) is 0.897. The monoisotopic (exact) mass is 170 g/mol. The van der Waals surface area contributed by atoms with Crippen molar-refractivity contribution in [1.82, 2.24) is 5.32 Å². The van der Waals surface area contributed by atoms with E-state index in [1.165, 1.54) is 0 Å². The molecule has 0 amide bonds. The molecule has 0 spiro atoms. The van der Waals surface area contributed by atoms with Gasteiger partial charge < -0.3 is 10.4 Å². The van der Waals surface area contributed by atoms with Crippen LogP contribution in [0.3, 0.4) is 0 Å². The first-order chi connectivity index (χ1) is 5.52. The fourth-order valence-electron chi connectivity index (χ4n) is 0.866. The minimum Gasteiger partial charge on any atom is -0.396 e. The Morgan fingerprint density at radius 2 is 2.17 bits per heavy atom. The molecule has 0 bridgehead atoms. The van der Waals surface area contributed by atoms with E-state index in [-0.39, 0.29) is 18.1 Å². The van der Waals surface area contributed by atoms with Crippen LogP contribution in [0.1, 0.15) is 27.2 Å². The van der Waals surface area contributed by atoms with Crippen molar-refractivity contribution in [3.63, 3.8) is 0 Å². The van der Waals surface area contributed by atoms with Gasteiger partial charge in [-0.15, -0.1) is 0 Å². The molecule has 0 radical (unpaired) electrons. The molecule has 0 aromatic rings. The van der Waals surface area contributed by atoms with Gasteiger partial charge >= 0.3 is 0 Å². The minimum absolute atomic E-state index is 0.0693. The van der Waals surface area contributed by atoms with Crippen molar-refractivity contribution in [3.8, 4) is 6.07 Å². The molecule has 70 valence electrons. The Labute approximate surface area is 74.4 Å². The lowest BCUT2D eigenvalue weighted by molar-refractivity contribution is 0.206. The molecule has 12 heavy (non-hydrogen) atoms. The smallest absolute Gasteiger partial charge is 0.0924 e. The van der Waals surface area contributed by atoms with Crippen LogP contribution < -0.4 is 5.32 Å². The van der Waals surface area contributed by atoms with E-state index in [0.29, 0.717) is 0 Å². The van der Waals surface area contributed by atoms with Crippen LogP contribution >= 0.6 is 0 Å². The largest absolute Gasteiger partial charge is 0.396 e. The van der Waals surface area contributed by atoms with Gasteiger partial charge in [-0.25, -0.2) is 0 Å². The molecule has 0 fully saturated rings. The summed E-state index contributed by atoms with van der Waals surface area (Å²) in [6.07, 6.45) is 0.762. The quantitative estimate of drug-likeness (QED) is 0.644. The van der Waals surface area contributed by atoms with Crippen LogP contribution in [0, 0.1) is 16.7 Å². The third-order valence-corrected chi connectivity index (χ3v) is 1.87. The van der Waals surface area contributed by atoms with Gasteiger partial charge in [0.15, 0.2) is 0 Å². The molecule has 0 aromatic heterocycles. The summed E-state index contributed by atoms with van der Waals surface area (Å²) in [5, 5.41) is 20.3. The second-order valence-electron chi connectivity index (χ2n) is 3.87. The Kier molecular flexibility index (Phi) is 4.87. The molecule has 1 atom stereocenters. The molecule has 0 rings (SSSR count). The maximum Gasteiger partial charge on any atom is 0.0924 e. The van der Waals surface area contributed by atoms with Gasteiger partial charge in [-0.05, 0) is 18.8 Å². The number of rotatable bonds is 5. The summed E-state index contributed by atoms with van der Waals surface area (Å²) in [4.78, 5) is 0. The molecule has 0 saturated carbocycles. The van der Waals surface area contributed by atoms with Crippen LogP contribution in [0.4, 0.5) is 0 Å². The highest BCUT2D eigenvalue weighted by Crippen LogP contribution is 2.17. The number of nitrogens with one attached hydrogen (secondary N) is 1. The van der Waals surface area contributed by atoms with Gasteiger partial charge in [-0.3, -0.25) is 0 Å². The van der Waals surface area contributed by atoms with E-state index in [4.69, 9.17) is 10.4 Å². The van der Waals surface area contributed by atoms with Crippen LogP contribution in [0.5, 0.6) is 0 Å². The molecule has 0 aliphatic rings. The normalized spacial score (nSPS) is 13.9. The van der Waals surface area contributed by atoms with Crippen molar-refractivity contribution >= 4 is 0 Å². The van der Waals surface area contributed by atoms with Gasteiger partial charge in [0.2, 0.25) is 0 Å². The molecule has 1 unspecified atom stereocenters. The second-order valence-corrected chi connectivity index (χ2v) is 3.87. The minimum atomic E-state index is -0.108. The first-order valence-electron chi connectivity index (χ1n) is 4.26. The zero-order valence-corrected chi connectivity index (χ0v) is 8.09. The van der Waals surface area contributed by atoms with Crippen molar-refractivity contribution in [3.05, 3.63) is 0 Å². The van der Waals surface area contributed by atoms with E-state index in [2.05, 4.69) is 25.2 Å². The zero-order valence-electron chi connectivity index (χ0n) is 8.09. The maximum absolute atomic E-state index is 8.73. The van der Waals surface area contributed by atoms with E-state index in [0.717, 1.165) is 13.0 Å². The third kappa shape index (κ3) is 5.11. The van der Waals surface area contributed by atoms with Crippen molar-refractivity contribution in [2.24, 2.45) is 5.41 Å². The van der Waals surface area contributed by atoms with Gasteiger partial charge in [0.05, 0.1) is 12.1 Å². The lowest BCUT2D eigenvalue weighted by atomic mass is 9.89. The molecular formula is C9H18N2O. The highest BCUT2D eigenvalue weighted by molar-refractivity contribution is 4.87. The Morgan fingerprint density at radius 1 is 1.58 bits per heavy atom. The van der Waals surface area contributed by atoms with Crippen molar-refractivity contribution in [1.29, 1.82) is 5.26 Å². The van der Waals surface area contributed by atoms with E-state index >= 15 is 0 Å². The van der Waals surface area contributed by atoms with Crippen LogP contribution in [-0.4, -0.2) is 24.3 Å². The molecule has 3 heteroatoms. The summed E-state index contributed by atoms with van der Waals surface area (Å²) in [6, 6.07) is 2.00. The Morgan fingerprint density at radius 3 is 2.58 bits per heavy atom. The summed E-state index contributed by atoms with van der Waals surface area (Å²) in [5.74, 6) is 0. The van der Waals surface area contributed by atoms with E-state index in [9.17, 15) is 0 Å². The van der Waals surface area contributed by atoms with Crippen molar-refractivity contribution in [2.45, 2.75) is 33.2 Å². The second kappa shape index (κ2) is 5.13. The Bertz CT molecular complexity index is 160. The van der Waals surface area contributed by atoms with Gasteiger partial charge in [0.25, 0.3) is 0 Å². The summed E-state index contributed by atoms with van der Waals surface area (Å²) in [7, 11) is 0. The molecular weight excluding hydrogens is 152 g/mol. The van der Waals surface area contributed by atoms with Crippen molar-refractivity contribution < 1.29 is 5.11 Å². The van der Waals surface area contributed by atoms with Crippen LogP contribution in [0.2, 0.25) is 0 Å². The average molecular weight is 170 g/mol. The lowest BCUT2D eigenvalue weighted by Crippen LogP contribution is -2.35. The van der Waals surface area contributed by atoms with E-state index < -0.39 is 0 Å². The van der Waals surface area contributed by atoms with Crippen LogP contribution in [0.15, 0.2) is 0 Å². The summed E-state index contributed by atoms with van der Waals surface area (Å²) >= 11 is 0. The fraction of sp³-hybridized carbons (Fsp3) is 0.889. The highest BCUT2D eigenvalue weighted by Gasteiger charge is 2.17. The summed E-state index contributed by atoms with van der Waals surface area (Å²) in [5.41, 5.74) is 0.0693. The molecule has 3 nitrogen and oxygen atoms in total. The molecule has 2 N–H and O–H groups in total. The number of nitriles is 1. The predicted molar refractivity (Wildman–Crippen MR) is 48.6 cm³/mol. The Hall–Kier alpha value is -0.590.